The third kappa shape index (κ3) is 5.23. The summed E-state index contributed by atoms with van der Waals surface area (Å²) in [5.74, 6) is -1.00. The highest BCUT2D eigenvalue weighted by Gasteiger charge is 2.20. The largest absolute Gasteiger partial charge is 0.612 e. The van der Waals surface area contributed by atoms with Gasteiger partial charge in [-0.2, -0.15) is 9.37 Å². The third-order valence-electron chi connectivity index (χ3n) is 5.91. The quantitative estimate of drug-likeness (QED) is 0.248. The van der Waals surface area contributed by atoms with Crippen molar-refractivity contribution < 1.29 is 18.1 Å². The molecule has 8 bridgehead atoms. The summed E-state index contributed by atoms with van der Waals surface area (Å²) in [5.41, 5.74) is 3.12. The Kier molecular flexibility index (Phi) is 6.72. The zero-order chi connectivity index (χ0) is 26.1. The molecule has 3 N–H and O–H groups in total. The number of halogens is 2. The Morgan fingerprint density at radius 2 is 1.84 bits per heavy atom. The van der Waals surface area contributed by atoms with Crippen LogP contribution in [0.3, 0.4) is 0 Å². The van der Waals surface area contributed by atoms with Gasteiger partial charge in [0, 0.05) is 41.8 Å². The van der Waals surface area contributed by atoms with Crippen molar-refractivity contribution in [3.8, 4) is 11.1 Å². The molecule has 2 aromatic carbocycles. The summed E-state index contributed by atoms with van der Waals surface area (Å²) in [5, 5.41) is 8.79. The molecule has 0 fully saturated rings. The predicted octanol–water partition coefficient (Wildman–Crippen LogP) is 4.64. The van der Waals surface area contributed by atoms with Crippen LogP contribution in [0, 0.1) is 18.7 Å². The third-order valence-corrected chi connectivity index (χ3v) is 6.87. The monoisotopic (exact) mass is 520 g/mol. The Bertz CT molecular complexity index is 1510. The summed E-state index contributed by atoms with van der Waals surface area (Å²) in [4.78, 5) is 25.8. The first kappa shape index (κ1) is 24.6. The van der Waals surface area contributed by atoms with Crippen molar-refractivity contribution in [3.63, 3.8) is 0 Å². The topological polar surface area (TPSA) is 115 Å². The number of benzene rings is 2. The lowest BCUT2D eigenvalue weighted by atomic mass is 10.0. The summed E-state index contributed by atoms with van der Waals surface area (Å²) in [6, 6.07) is 10.9. The van der Waals surface area contributed by atoms with Gasteiger partial charge in [-0.05, 0) is 66.0 Å². The van der Waals surface area contributed by atoms with Gasteiger partial charge in [-0.15, -0.1) is 0 Å². The summed E-state index contributed by atoms with van der Waals surface area (Å²) in [6.07, 6.45) is 4.64. The highest BCUT2D eigenvalue weighted by atomic mass is 32.2. The van der Waals surface area contributed by atoms with E-state index in [9.17, 15) is 18.1 Å². The van der Waals surface area contributed by atoms with Gasteiger partial charge < -0.3 is 20.5 Å². The molecule has 4 aromatic rings. The van der Waals surface area contributed by atoms with Crippen LogP contribution in [0.5, 0.6) is 0 Å². The van der Waals surface area contributed by atoms with Crippen molar-refractivity contribution in [3.05, 3.63) is 83.3 Å². The molecule has 2 aliphatic rings. The molecule has 1 unspecified atom stereocenters. The molecule has 1 amide bonds. The molecule has 2 aliphatic heterocycles. The molecule has 188 valence electrons. The van der Waals surface area contributed by atoms with Gasteiger partial charge in [0.1, 0.15) is 17.9 Å². The van der Waals surface area contributed by atoms with E-state index in [1.165, 1.54) is 24.6 Å². The molecular formula is C26H22F2N6O2S. The molecular weight excluding hydrogens is 498 g/mol. The second kappa shape index (κ2) is 10.1. The van der Waals surface area contributed by atoms with Crippen LogP contribution in [0.1, 0.15) is 21.5 Å². The van der Waals surface area contributed by atoms with E-state index in [1.807, 2.05) is 6.92 Å². The molecule has 11 heteroatoms. The molecule has 8 nitrogen and oxygen atoms in total. The fraction of sp³-hybridized carbons (Fsp3) is 0.154. The number of fused-ring (bicyclic) bond motifs is 5. The lowest BCUT2D eigenvalue weighted by molar-refractivity contribution is 0.0951. The molecule has 4 heterocycles. The number of rotatable bonds is 1. The zero-order valence-electron chi connectivity index (χ0n) is 19.9. The molecule has 6 rings (SSSR count). The Balaban J connectivity index is 1.63. The maximum Gasteiger partial charge on any atom is 0.256 e. The van der Waals surface area contributed by atoms with Crippen molar-refractivity contribution in [1.82, 2.24) is 20.3 Å². The molecule has 2 aromatic heterocycles. The van der Waals surface area contributed by atoms with Crippen LogP contribution in [0.4, 0.5) is 31.9 Å². The van der Waals surface area contributed by atoms with Gasteiger partial charge in [-0.1, -0.05) is 6.07 Å². The maximum absolute atomic E-state index is 14.6. The Morgan fingerprint density at radius 3 is 2.65 bits per heavy atom. The number of carbonyl (C=O) groups excluding carboxylic acids is 1. The standard InChI is InChI=1S/C26H22F2N6O2S/c1-14-12-31-26-33-21-10-17(13-30-23(21)28)15-3-5-19(22(11-15)37(2)36)25(35)29-8-7-16-9-18(4-6-20(16)27)32-24(14)34-26/h3-6,9-13H,7-8H2,1-2H3,(H,29,35)(H2,31,32,33,34). The Labute approximate surface area is 214 Å². The van der Waals surface area contributed by atoms with Crippen molar-refractivity contribution in [2.24, 2.45) is 0 Å². The first-order chi connectivity index (χ1) is 17.8. The SMILES string of the molecule is Cc1cnc2nc1Nc1ccc(F)c(c1)CCNC(=O)c1ccc(cc1[S+](C)[O-])-c1cnc(F)c(c1)N2. The summed E-state index contributed by atoms with van der Waals surface area (Å²) < 4.78 is 41.6. The van der Waals surface area contributed by atoms with Crippen LogP contribution >= 0.6 is 0 Å². The number of amides is 1. The van der Waals surface area contributed by atoms with Gasteiger partial charge in [-0.3, -0.25) is 4.79 Å². The van der Waals surface area contributed by atoms with E-state index in [0.29, 0.717) is 33.1 Å². The zero-order valence-corrected chi connectivity index (χ0v) is 20.7. The van der Waals surface area contributed by atoms with Crippen LogP contribution in [0.25, 0.3) is 11.1 Å². The second-order valence-electron chi connectivity index (χ2n) is 8.51. The van der Waals surface area contributed by atoms with E-state index in [2.05, 4.69) is 30.9 Å². The van der Waals surface area contributed by atoms with Gasteiger partial charge >= 0.3 is 0 Å². The van der Waals surface area contributed by atoms with Gasteiger partial charge in [0.2, 0.25) is 11.9 Å². The fourth-order valence-corrected chi connectivity index (χ4v) is 4.72. The Morgan fingerprint density at radius 1 is 1.00 bits per heavy atom. The highest BCUT2D eigenvalue weighted by molar-refractivity contribution is 7.90. The van der Waals surface area contributed by atoms with Gasteiger partial charge in [0.25, 0.3) is 5.91 Å². The van der Waals surface area contributed by atoms with Crippen LogP contribution in [0.2, 0.25) is 0 Å². The molecule has 0 saturated carbocycles. The minimum Gasteiger partial charge on any atom is -0.612 e. The maximum atomic E-state index is 14.6. The summed E-state index contributed by atoms with van der Waals surface area (Å²) >= 11 is -1.49. The van der Waals surface area contributed by atoms with Gasteiger partial charge in [0.15, 0.2) is 4.90 Å². The van der Waals surface area contributed by atoms with E-state index in [1.54, 1.807) is 36.5 Å². The molecule has 0 radical (unpaired) electrons. The molecule has 37 heavy (non-hydrogen) atoms. The number of aryl methyl sites for hydroxylation is 1. The van der Waals surface area contributed by atoms with Gasteiger partial charge in [-0.25, -0.2) is 14.4 Å². The minimum absolute atomic E-state index is 0.0373. The minimum atomic E-state index is -1.49. The van der Waals surface area contributed by atoms with E-state index in [-0.39, 0.29) is 30.2 Å². The van der Waals surface area contributed by atoms with Crippen LogP contribution < -0.4 is 16.0 Å². The highest BCUT2D eigenvalue weighted by Crippen LogP contribution is 2.29. The first-order valence-electron chi connectivity index (χ1n) is 11.4. The molecule has 1 atom stereocenters. The van der Waals surface area contributed by atoms with E-state index < -0.39 is 28.8 Å². The average molecular weight is 521 g/mol. The average Bonchev–Trinajstić information content (AvgIpc) is 2.88. The first-order valence-corrected chi connectivity index (χ1v) is 12.9. The van der Waals surface area contributed by atoms with Gasteiger partial charge in [0.05, 0.1) is 11.3 Å². The number of nitrogens with one attached hydrogen (secondary N) is 3. The number of aromatic nitrogens is 3. The fourth-order valence-electron chi connectivity index (χ4n) is 3.96. The number of hydrogen-bond acceptors (Lipinski definition) is 7. The number of carbonyl (C=O) groups is 1. The van der Waals surface area contributed by atoms with E-state index >= 15 is 0 Å². The van der Waals surface area contributed by atoms with Crippen molar-refractivity contribution in [1.29, 1.82) is 0 Å². The summed E-state index contributed by atoms with van der Waals surface area (Å²) in [7, 11) is 0. The van der Waals surface area contributed by atoms with E-state index in [0.717, 1.165) is 5.56 Å². The second-order valence-corrected chi connectivity index (χ2v) is 9.86. The normalized spacial score (nSPS) is 13.9. The van der Waals surface area contributed by atoms with Crippen LogP contribution in [0.15, 0.2) is 59.8 Å². The Hall–Kier alpha value is -4.09. The summed E-state index contributed by atoms with van der Waals surface area (Å²) in [6.45, 7) is 1.98. The van der Waals surface area contributed by atoms with E-state index in [4.69, 9.17) is 0 Å². The van der Waals surface area contributed by atoms with Crippen molar-refractivity contribution >= 4 is 40.2 Å². The number of hydrogen-bond donors (Lipinski definition) is 3. The van der Waals surface area contributed by atoms with Crippen LogP contribution in [-0.4, -0.2) is 38.2 Å². The number of anilines is 4. The van der Waals surface area contributed by atoms with Crippen LogP contribution in [-0.2, 0) is 17.6 Å². The molecule has 0 saturated heterocycles. The number of pyridine rings is 1. The van der Waals surface area contributed by atoms with Crippen molar-refractivity contribution in [2.45, 2.75) is 18.2 Å². The lowest BCUT2D eigenvalue weighted by Crippen LogP contribution is -2.27. The predicted molar refractivity (Wildman–Crippen MR) is 138 cm³/mol. The molecule has 0 aliphatic carbocycles. The number of nitrogens with zero attached hydrogens (tertiary/aromatic N) is 3. The van der Waals surface area contributed by atoms with Crippen molar-refractivity contribution in [2.75, 3.05) is 23.4 Å². The smallest absolute Gasteiger partial charge is 0.256 e. The lowest BCUT2D eigenvalue weighted by Gasteiger charge is -2.13. The molecule has 0 spiro atoms.